The van der Waals surface area contributed by atoms with Gasteiger partial charge >= 0.3 is 5.69 Å². The van der Waals surface area contributed by atoms with Crippen molar-refractivity contribution in [2.45, 2.75) is 26.3 Å². The Balaban J connectivity index is 2.15. The van der Waals surface area contributed by atoms with Crippen LogP contribution in [-0.2, 0) is 13.6 Å². The van der Waals surface area contributed by atoms with Gasteiger partial charge in [0.1, 0.15) is 0 Å². The van der Waals surface area contributed by atoms with Crippen LogP contribution in [0.25, 0.3) is 11.2 Å². The Labute approximate surface area is 152 Å². The summed E-state index contributed by atoms with van der Waals surface area (Å²) in [5.41, 5.74) is 0.901. The van der Waals surface area contributed by atoms with Crippen molar-refractivity contribution in [2.75, 3.05) is 11.9 Å². The molecular formula is C17H20BrN5O2. The number of aromatic amines is 1. The minimum Gasteiger partial charge on any atom is -0.356 e. The zero-order valence-electron chi connectivity index (χ0n) is 14.2. The average molecular weight is 406 g/mol. The summed E-state index contributed by atoms with van der Waals surface area (Å²) in [6, 6.07) is 7.88. The molecule has 2 aromatic heterocycles. The van der Waals surface area contributed by atoms with Crippen LogP contribution in [0.5, 0.6) is 0 Å². The van der Waals surface area contributed by atoms with Gasteiger partial charge in [-0.3, -0.25) is 18.9 Å². The summed E-state index contributed by atoms with van der Waals surface area (Å²) in [5, 5.41) is 3.28. The topological polar surface area (TPSA) is 84.7 Å². The molecule has 0 aliphatic carbocycles. The minimum absolute atomic E-state index is 0.378. The summed E-state index contributed by atoms with van der Waals surface area (Å²) in [6.07, 6.45) is 2.05. The molecule has 25 heavy (non-hydrogen) atoms. The van der Waals surface area contributed by atoms with Crippen LogP contribution in [0, 0.1) is 0 Å². The summed E-state index contributed by atoms with van der Waals surface area (Å²) in [5.74, 6) is 0.593. The van der Waals surface area contributed by atoms with Crippen molar-refractivity contribution >= 4 is 33.0 Å². The lowest BCUT2D eigenvalue weighted by Crippen LogP contribution is -2.29. The van der Waals surface area contributed by atoms with Gasteiger partial charge in [0.15, 0.2) is 11.2 Å². The fourth-order valence-electron chi connectivity index (χ4n) is 2.72. The van der Waals surface area contributed by atoms with Gasteiger partial charge in [-0.05, 0) is 24.1 Å². The van der Waals surface area contributed by atoms with E-state index in [2.05, 4.69) is 38.1 Å². The lowest BCUT2D eigenvalue weighted by Gasteiger charge is -2.10. The van der Waals surface area contributed by atoms with E-state index >= 15 is 0 Å². The quantitative estimate of drug-likeness (QED) is 0.616. The SMILES string of the molecule is CCCCNc1nc2c(c(=O)[nH]c(=O)n2C)n1Cc1cccc(Br)c1. The number of halogens is 1. The number of anilines is 1. The molecule has 0 bridgehead atoms. The fourth-order valence-corrected chi connectivity index (χ4v) is 3.16. The highest BCUT2D eigenvalue weighted by molar-refractivity contribution is 9.10. The molecular weight excluding hydrogens is 386 g/mol. The summed E-state index contributed by atoms with van der Waals surface area (Å²) in [7, 11) is 1.60. The second-order valence-electron chi connectivity index (χ2n) is 5.92. The first-order valence-corrected chi connectivity index (χ1v) is 8.98. The maximum atomic E-state index is 12.4. The zero-order chi connectivity index (χ0) is 18.0. The van der Waals surface area contributed by atoms with Gasteiger partial charge in [0.05, 0.1) is 6.54 Å². The van der Waals surface area contributed by atoms with Crippen molar-refractivity contribution in [1.29, 1.82) is 0 Å². The van der Waals surface area contributed by atoms with E-state index in [-0.39, 0.29) is 0 Å². The molecule has 0 fully saturated rings. The number of H-pyrrole nitrogens is 1. The first kappa shape index (κ1) is 17.5. The molecule has 132 valence electrons. The van der Waals surface area contributed by atoms with Crippen LogP contribution in [0.15, 0.2) is 38.3 Å². The van der Waals surface area contributed by atoms with E-state index in [4.69, 9.17) is 0 Å². The monoisotopic (exact) mass is 405 g/mol. The number of fused-ring (bicyclic) bond motifs is 1. The van der Waals surface area contributed by atoms with Crippen molar-refractivity contribution < 1.29 is 0 Å². The van der Waals surface area contributed by atoms with Crippen LogP contribution in [0.3, 0.4) is 0 Å². The van der Waals surface area contributed by atoms with Gasteiger partial charge in [-0.25, -0.2) is 4.79 Å². The Kier molecular flexibility index (Phi) is 5.08. The molecule has 0 saturated heterocycles. The summed E-state index contributed by atoms with van der Waals surface area (Å²) < 4.78 is 4.15. The van der Waals surface area contributed by atoms with Crippen molar-refractivity contribution in [3.63, 3.8) is 0 Å². The second-order valence-corrected chi connectivity index (χ2v) is 6.84. The van der Waals surface area contributed by atoms with Gasteiger partial charge in [0.25, 0.3) is 5.56 Å². The summed E-state index contributed by atoms with van der Waals surface area (Å²) in [4.78, 5) is 31.1. The molecule has 0 saturated carbocycles. The Morgan fingerprint density at radius 1 is 1.32 bits per heavy atom. The van der Waals surface area contributed by atoms with Crippen LogP contribution in [0.1, 0.15) is 25.3 Å². The Morgan fingerprint density at radius 2 is 2.12 bits per heavy atom. The van der Waals surface area contributed by atoms with E-state index in [1.165, 1.54) is 4.57 Å². The molecule has 0 unspecified atom stereocenters. The first-order chi connectivity index (χ1) is 12.0. The van der Waals surface area contributed by atoms with Crippen molar-refractivity contribution in [3.8, 4) is 0 Å². The molecule has 7 nitrogen and oxygen atoms in total. The zero-order valence-corrected chi connectivity index (χ0v) is 15.8. The highest BCUT2D eigenvalue weighted by Crippen LogP contribution is 2.19. The predicted octanol–water partition coefficient (Wildman–Crippen LogP) is 2.45. The van der Waals surface area contributed by atoms with Gasteiger partial charge in [0, 0.05) is 18.1 Å². The van der Waals surface area contributed by atoms with E-state index in [1.54, 1.807) is 7.05 Å². The van der Waals surface area contributed by atoms with Crippen molar-refractivity contribution in [1.82, 2.24) is 19.1 Å². The molecule has 1 aromatic carbocycles. The maximum Gasteiger partial charge on any atom is 0.329 e. The number of hydrogen-bond donors (Lipinski definition) is 2. The smallest absolute Gasteiger partial charge is 0.329 e. The van der Waals surface area contributed by atoms with E-state index in [0.29, 0.717) is 23.7 Å². The number of rotatable bonds is 6. The molecule has 0 radical (unpaired) electrons. The second kappa shape index (κ2) is 7.26. The number of aromatic nitrogens is 4. The Morgan fingerprint density at radius 3 is 2.84 bits per heavy atom. The lowest BCUT2D eigenvalue weighted by molar-refractivity contribution is 0.785. The number of hydrogen-bond acceptors (Lipinski definition) is 4. The molecule has 3 aromatic rings. The van der Waals surface area contributed by atoms with E-state index in [9.17, 15) is 9.59 Å². The Hall–Kier alpha value is -2.35. The molecule has 8 heteroatoms. The number of aryl methyl sites for hydroxylation is 1. The van der Waals surface area contributed by atoms with Gasteiger partial charge in [0.2, 0.25) is 5.95 Å². The molecule has 2 N–H and O–H groups in total. The number of nitrogens with one attached hydrogen (secondary N) is 2. The van der Waals surface area contributed by atoms with E-state index in [0.717, 1.165) is 29.4 Å². The van der Waals surface area contributed by atoms with E-state index in [1.807, 2.05) is 28.8 Å². The molecule has 0 aliphatic heterocycles. The number of nitrogens with zero attached hydrogens (tertiary/aromatic N) is 3. The third kappa shape index (κ3) is 3.53. The van der Waals surface area contributed by atoms with Crippen LogP contribution < -0.4 is 16.6 Å². The van der Waals surface area contributed by atoms with Gasteiger partial charge in [-0.15, -0.1) is 0 Å². The van der Waals surface area contributed by atoms with Crippen LogP contribution in [-0.4, -0.2) is 25.6 Å². The number of unbranched alkanes of at least 4 members (excludes halogenated alkanes) is 1. The summed E-state index contributed by atoms with van der Waals surface area (Å²) >= 11 is 3.47. The fraction of sp³-hybridized carbons (Fsp3) is 0.353. The van der Waals surface area contributed by atoms with Crippen LogP contribution in [0.2, 0.25) is 0 Å². The molecule has 0 aliphatic rings. The number of benzene rings is 1. The third-order valence-electron chi connectivity index (χ3n) is 4.05. The third-order valence-corrected chi connectivity index (χ3v) is 4.54. The maximum absolute atomic E-state index is 12.4. The Bertz CT molecular complexity index is 1020. The molecule has 3 rings (SSSR count). The molecule has 2 heterocycles. The largest absolute Gasteiger partial charge is 0.356 e. The highest BCUT2D eigenvalue weighted by Gasteiger charge is 2.17. The van der Waals surface area contributed by atoms with Crippen LogP contribution in [0.4, 0.5) is 5.95 Å². The standard InChI is InChI=1S/C17H20BrN5O2/c1-3-4-8-19-16-20-14-13(15(24)21-17(25)22(14)2)23(16)10-11-6-5-7-12(18)9-11/h5-7,9H,3-4,8,10H2,1-2H3,(H,19,20)(H,21,24,25). The predicted molar refractivity (Wildman–Crippen MR) is 102 cm³/mol. The molecule has 0 spiro atoms. The molecule has 0 amide bonds. The van der Waals surface area contributed by atoms with Gasteiger partial charge < -0.3 is 5.32 Å². The molecule has 0 atom stereocenters. The first-order valence-electron chi connectivity index (χ1n) is 8.19. The normalized spacial score (nSPS) is 11.2. The van der Waals surface area contributed by atoms with Crippen molar-refractivity contribution in [3.05, 3.63) is 55.1 Å². The number of imidazole rings is 1. The highest BCUT2D eigenvalue weighted by atomic mass is 79.9. The van der Waals surface area contributed by atoms with Crippen molar-refractivity contribution in [2.24, 2.45) is 7.05 Å². The van der Waals surface area contributed by atoms with Crippen LogP contribution >= 0.6 is 15.9 Å². The minimum atomic E-state index is -0.468. The van der Waals surface area contributed by atoms with Gasteiger partial charge in [-0.2, -0.15) is 4.98 Å². The van der Waals surface area contributed by atoms with E-state index < -0.39 is 11.2 Å². The lowest BCUT2D eigenvalue weighted by atomic mass is 10.2. The summed E-state index contributed by atoms with van der Waals surface area (Å²) in [6.45, 7) is 3.34. The van der Waals surface area contributed by atoms with Gasteiger partial charge in [-0.1, -0.05) is 41.4 Å². The average Bonchev–Trinajstić information content (AvgIpc) is 2.92.